The fraction of sp³-hybridized carbons (Fsp3) is 1.00. The first-order chi connectivity index (χ1) is 9.22. The van der Waals surface area contributed by atoms with E-state index in [-0.39, 0.29) is 0 Å². The average Bonchev–Trinajstić information content (AvgIpc) is 2.64. The van der Waals surface area contributed by atoms with Crippen LogP contribution in [0.25, 0.3) is 0 Å². The number of hydrogen-bond acceptors (Lipinski definition) is 3. The summed E-state index contributed by atoms with van der Waals surface area (Å²) in [5, 5.41) is 3.78. The van der Waals surface area contributed by atoms with Crippen molar-refractivity contribution in [3.63, 3.8) is 0 Å². The molecule has 0 heterocycles. The minimum atomic E-state index is 0.792. The molecule has 0 bridgehead atoms. The summed E-state index contributed by atoms with van der Waals surface area (Å²) in [6.45, 7) is 8.26. The molecule has 0 spiro atoms. The van der Waals surface area contributed by atoms with E-state index in [1.165, 1.54) is 71.1 Å². The lowest BCUT2D eigenvalue weighted by Crippen LogP contribution is -2.39. The van der Waals surface area contributed by atoms with Crippen LogP contribution in [0.1, 0.15) is 51.9 Å². The van der Waals surface area contributed by atoms with E-state index in [0.29, 0.717) is 0 Å². The van der Waals surface area contributed by atoms with Crippen molar-refractivity contribution in [1.29, 1.82) is 0 Å². The molecule has 3 nitrogen and oxygen atoms in total. The Kier molecular flexibility index (Phi) is 9.48. The van der Waals surface area contributed by atoms with Gasteiger partial charge in [0.2, 0.25) is 0 Å². The van der Waals surface area contributed by atoms with Crippen LogP contribution in [0.4, 0.5) is 0 Å². The van der Waals surface area contributed by atoms with Crippen molar-refractivity contribution in [2.75, 3.05) is 46.8 Å². The first-order valence-corrected chi connectivity index (χ1v) is 8.33. The highest BCUT2D eigenvalue weighted by Gasteiger charge is 2.11. The lowest BCUT2D eigenvalue weighted by Gasteiger charge is -2.25. The second kappa shape index (κ2) is 10.6. The summed E-state index contributed by atoms with van der Waals surface area (Å²) in [7, 11) is 4.32. The quantitative estimate of drug-likeness (QED) is 0.649. The third-order valence-corrected chi connectivity index (χ3v) is 4.12. The highest BCUT2D eigenvalue weighted by atomic mass is 15.2. The molecular weight excluding hydrogens is 234 g/mol. The molecular formula is C16H35N3. The summed E-state index contributed by atoms with van der Waals surface area (Å²) >= 11 is 0. The van der Waals surface area contributed by atoms with Crippen LogP contribution >= 0.6 is 0 Å². The van der Waals surface area contributed by atoms with Gasteiger partial charge in [0.25, 0.3) is 0 Å². The lowest BCUT2D eigenvalue weighted by atomic mass is 10.1. The molecule has 1 rings (SSSR count). The van der Waals surface area contributed by atoms with Gasteiger partial charge in [-0.25, -0.2) is 0 Å². The Hall–Kier alpha value is -0.120. The zero-order chi connectivity index (χ0) is 13.9. The predicted octanol–water partition coefficient (Wildman–Crippen LogP) is 2.57. The summed E-state index contributed by atoms with van der Waals surface area (Å²) in [5.74, 6) is 0. The van der Waals surface area contributed by atoms with Crippen LogP contribution in [0, 0.1) is 0 Å². The molecule has 0 atom stereocenters. The van der Waals surface area contributed by atoms with Crippen LogP contribution in [0.15, 0.2) is 0 Å². The van der Waals surface area contributed by atoms with E-state index >= 15 is 0 Å². The van der Waals surface area contributed by atoms with Crippen molar-refractivity contribution < 1.29 is 0 Å². The molecule has 1 aliphatic carbocycles. The van der Waals surface area contributed by atoms with E-state index < -0.39 is 0 Å². The SMILES string of the molecule is CCCN(CCNC1CCCCCC1)CCN(C)C. The summed E-state index contributed by atoms with van der Waals surface area (Å²) in [5.41, 5.74) is 0. The molecule has 0 radical (unpaired) electrons. The van der Waals surface area contributed by atoms with E-state index in [2.05, 4.69) is 36.1 Å². The molecule has 0 aromatic rings. The molecule has 1 fully saturated rings. The molecule has 1 N–H and O–H groups in total. The van der Waals surface area contributed by atoms with Crippen molar-refractivity contribution in [3.05, 3.63) is 0 Å². The molecule has 3 heteroatoms. The van der Waals surface area contributed by atoms with Crippen molar-refractivity contribution >= 4 is 0 Å². The predicted molar refractivity (Wildman–Crippen MR) is 84.8 cm³/mol. The van der Waals surface area contributed by atoms with E-state index in [0.717, 1.165) is 12.6 Å². The fourth-order valence-electron chi connectivity index (χ4n) is 2.90. The highest BCUT2D eigenvalue weighted by molar-refractivity contribution is 4.71. The first-order valence-electron chi connectivity index (χ1n) is 8.33. The van der Waals surface area contributed by atoms with E-state index in [9.17, 15) is 0 Å². The monoisotopic (exact) mass is 269 g/mol. The molecule has 19 heavy (non-hydrogen) atoms. The number of nitrogens with zero attached hydrogens (tertiary/aromatic N) is 2. The van der Waals surface area contributed by atoms with Gasteiger partial charge in [0.05, 0.1) is 0 Å². The van der Waals surface area contributed by atoms with Crippen LogP contribution < -0.4 is 5.32 Å². The maximum atomic E-state index is 3.78. The highest BCUT2D eigenvalue weighted by Crippen LogP contribution is 2.16. The van der Waals surface area contributed by atoms with Gasteiger partial charge >= 0.3 is 0 Å². The van der Waals surface area contributed by atoms with Crippen LogP contribution in [-0.4, -0.2) is 62.7 Å². The third kappa shape index (κ3) is 8.61. The summed E-state index contributed by atoms with van der Waals surface area (Å²) in [6, 6.07) is 0.792. The Morgan fingerprint density at radius 3 is 2.16 bits per heavy atom. The molecule has 0 amide bonds. The van der Waals surface area contributed by atoms with Crippen molar-refractivity contribution in [3.8, 4) is 0 Å². The zero-order valence-corrected chi connectivity index (χ0v) is 13.5. The molecule has 0 saturated heterocycles. The van der Waals surface area contributed by atoms with E-state index in [1.807, 2.05) is 0 Å². The van der Waals surface area contributed by atoms with Crippen molar-refractivity contribution in [1.82, 2.24) is 15.1 Å². The van der Waals surface area contributed by atoms with Gasteiger partial charge in [0.1, 0.15) is 0 Å². The second-order valence-electron chi connectivity index (χ2n) is 6.29. The Morgan fingerprint density at radius 1 is 0.895 bits per heavy atom. The van der Waals surface area contributed by atoms with Gasteiger partial charge in [-0.1, -0.05) is 32.6 Å². The summed E-state index contributed by atoms with van der Waals surface area (Å²) in [6.07, 6.45) is 9.80. The van der Waals surface area contributed by atoms with Gasteiger partial charge in [-0.15, -0.1) is 0 Å². The maximum absolute atomic E-state index is 3.78. The van der Waals surface area contributed by atoms with Crippen LogP contribution in [0.2, 0.25) is 0 Å². The molecule has 0 unspecified atom stereocenters. The van der Waals surface area contributed by atoms with Gasteiger partial charge in [0.15, 0.2) is 0 Å². The zero-order valence-electron chi connectivity index (χ0n) is 13.5. The molecule has 1 aliphatic rings. The van der Waals surface area contributed by atoms with Gasteiger partial charge in [-0.3, -0.25) is 0 Å². The van der Waals surface area contributed by atoms with Gasteiger partial charge in [0, 0.05) is 32.2 Å². The van der Waals surface area contributed by atoms with Gasteiger partial charge < -0.3 is 15.1 Å². The first kappa shape index (κ1) is 16.9. The maximum Gasteiger partial charge on any atom is 0.0110 e. The van der Waals surface area contributed by atoms with E-state index in [4.69, 9.17) is 0 Å². The van der Waals surface area contributed by atoms with Crippen LogP contribution in [-0.2, 0) is 0 Å². The summed E-state index contributed by atoms with van der Waals surface area (Å²) < 4.78 is 0. The number of hydrogen-bond donors (Lipinski definition) is 1. The standard InChI is InChI=1S/C16H35N3/c1-4-12-19(15-14-18(2)3)13-11-17-16-9-7-5-6-8-10-16/h16-17H,4-15H2,1-3H3. The van der Waals surface area contributed by atoms with Gasteiger partial charge in [-0.05, 0) is 39.9 Å². The molecule has 0 aromatic heterocycles. The Labute approximate surface area is 120 Å². The second-order valence-corrected chi connectivity index (χ2v) is 6.29. The number of nitrogens with one attached hydrogen (secondary N) is 1. The molecule has 1 saturated carbocycles. The van der Waals surface area contributed by atoms with Crippen molar-refractivity contribution in [2.24, 2.45) is 0 Å². The Morgan fingerprint density at radius 2 is 1.58 bits per heavy atom. The molecule has 0 aromatic carbocycles. The lowest BCUT2D eigenvalue weighted by molar-refractivity contribution is 0.237. The number of rotatable bonds is 9. The normalized spacial score (nSPS) is 18.2. The molecule has 114 valence electrons. The van der Waals surface area contributed by atoms with E-state index in [1.54, 1.807) is 0 Å². The van der Waals surface area contributed by atoms with Crippen LogP contribution in [0.5, 0.6) is 0 Å². The minimum absolute atomic E-state index is 0.792. The van der Waals surface area contributed by atoms with Gasteiger partial charge in [-0.2, -0.15) is 0 Å². The fourth-order valence-corrected chi connectivity index (χ4v) is 2.90. The third-order valence-electron chi connectivity index (χ3n) is 4.12. The topological polar surface area (TPSA) is 18.5 Å². The smallest absolute Gasteiger partial charge is 0.0110 e. The van der Waals surface area contributed by atoms with Crippen molar-refractivity contribution in [2.45, 2.75) is 57.9 Å². The Balaban J connectivity index is 2.15. The minimum Gasteiger partial charge on any atom is -0.313 e. The van der Waals surface area contributed by atoms with Crippen LogP contribution in [0.3, 0.4) is 0 Å². The average molecular weight is 269 g/mol. The largest absolute Gasteiger partial charge is 0.313 e. The Bertz CT molecular complexity index is 198. The summed E-state index contributed by atoms with van der Waals surface area (Å²) in [4.78, 5) is 4.88. The number of likely N-dealkylation sites (N-methyl/N-ethyl adjacent to an activating group) is 1. The molecule has 0 aliphatic heterocycles.